The van der Waals surface area contributed by atoms with Crippen LogP contribution in [0.1, 0.15) is 57.3 Å². The lowest BCUT2D eigenvalue weighted by Crippen LogP contribution is -2.36. The van der Waals surface area contributed by atoms with Crippen LogP contribution in [0.4, 0.5) is 10.2 Å². The molecule has 1 aliphatic heterocycles. The van der Waals surface area contributed by atoms with E-state index in [-0.39, 0.29) is 16.9 Å². The number of likely N-dealkylation sites (tertiary alicyclic amines) is 1. The first-order valence-electron chi connectivity index (χ1n) is 11.9. The SMILES string of the molecule is CC(C)CCN1CCC(N=C/C(=C\N)c2cnc(N)c(OC(C)c3c(Cl)ccc(F)c3Cl)c2)CC1. The minimum Gasteiger partial charge on any atom is -0.482 e. The predicted molar refractivity (Wildman–Crippen MR) is 144 cm³/mol. The van der Waals surface area contributed by atoms with Crippen molar-refractivity contribution < 1.29 is 9.13 Å². The normalized spacial score (nSPS) is 16.8. The molecule has 1 unspecified atom stereocenters. The molecule has 2 aromatic rings. The van der Waals surface area contributed by atoms with Gasteiger partial charge >= 0.3 is 0 Å². The van der Waals surface area contributed by atoms with Gasteiger partial charge in [0, 0.05) is 53.4 Å². The molecule has 0 saturated carbocycles. The number of anilines is 1. The van der Waals surface area contributed by atoms with Crippen molar-refractivity contribution in [2.24, 2.45) is 16.6 Å². The first kappa shape index (κ1) is 27.2. The number of nitrogens with zero attached hydrogens (tertiary/aromatic N) is 3. The lowest BCUT2D eigenvalue weighted by molar-refractivity contribution is 0.204. The highest BCUT2D eigenvalue weighted by Crippen LogP contribution is 2.36. The van der Waals surface area contributed by atoms with E-state index in [9.17, 15) is 4.39 Å². The minimum absolute atomic E-state index is 0.0855. The molecule has 190 valence electrons. The smallest absolute Gasteiger partial charge is 0.166 e. The second kappa shape index (κ2) is 12.6. The summed E-state index contributed by atoms with van der Waals surface area (Å²) in [6.45, 7) is 9.49. The number of aromatic nitrogens is 1. The standard InChI is InChI=1S/C26H34Cl2FN5O/c1-16(2)6-9-34-10-7-20(8-11-34)32-15-19(13-30)18-12-23(26(31)33-14-18)35-17(3)24-21(27)4-5-22(29)25(24)28/h4-5,12-17,20H,6-11,30H2,1-3H3,(H2,31,33)/b19-13+,32-15?. The molecule has 1 aromatic heterocycles. The number of rotatable bonds is 9. The van der Waals surface area contributed by atoms with Crippen LogP contribution in [0.3, 0.4) is 0 Å². The van der Waals surface area contributed by atoms with E-state index in [1.807, 2.05) is 0 Å². The van der Waals surface area contributed by atoms with Crippen molar-refractivity contribution >= 4 is 40.8 Å². The summed E-state index contributed by atoms with van der Waals surface area (Å²) in [6.07, 6.45) is 7.50. The largest absolute Gasteiger partial charge is 0.482 e. The molecule has 1 aliphatic rings. The average molecular weight is 522 g/mol. The predicted octanol–water partition coefficient (Wildman–Crippen LogP) is 6.13. The van der Waals surface area contributed by atoms with Gasteiger partial charge in [0.1, 0.15) is 11.9 Å². The Morgan fingerprint density at radius 2 is 2.00 bits per heavy atom. The molecule has 6 nitrogen and oxygen atoms in total. The maximum absolute atomic E-state index is 14.0. The maximum Gasteiger partial charge on any atom is 0.166 e. The Labute approximate surface area is 217 Å². The van der Waals surface area contributed by atoms with Crippen LogP contribution in [0, 0.1) is 11.7 Å². The van der Waals surface area contributed by atoms with E-state index in [1.54, 1.807) is 25.4 Å². The number of benzene rings is 1. The molecule has 3 rings (SSSR count). The number of nitrogens with two attached hydrogens (primary N) is 2. The molecule has 0 spiro atoms. The number of nitrogen functional groups attached to an aromatic ring is 1. The number of halogens is 3. The van der Waals surface area contributed by atoms with Gasteiger partial charge in [0.2, 0.25) is 0 Å². The summed E-state index contributed by atoms with van der Waals surface area (Å²) in [6, 6.07) is 4.65. The fourth-order valence-corrected chi connectivity index (χ4v) is 4.68. The van der Waals surface area contributed by atoms with E-state index < -0.39 is 11.9 Å². The molecule has 1 saturated heterocycles. The first-order chi connectivity index (χ1) is 16.7. The van der Waals surface area contributed by atoms with Gasteiger partial charge < -0.3 is 21.1 Å². The molecule has 0 bridgehead atoms. The number of allylic oxidation sites excluding steroid dienone is 1. The lowest BCUT2D eigenvalue weighted by atomic mass is 10.0. The molecular weight excluding hydrogens is 488 g/mol. The maximum atomic E-state index is 14.0. The molecule has 0 aliphatic carbocycles. The minimum atomic E-state index is -0.662. The Kier molecular flexibility index (Phi) is 9.78. The molecular formula is C26H34Cl2FN5O. The highest BCUT2D eigenvalue weighted by molar-refractivity contribution is 6.36. The highest BCUT2D eigenvalue weighted by atomic mass is 35.5. The van der Waals surface area contributed by atoms with Gasteiger partial charge in [0.05, 0.1) is 11.1 Å². The number of hydrogen-bond donors (Lipinski definition) is 2. The summed E-state index contributed by atoms with van der Waals surface area (Å²) in [4.78, 5) is 11.5. The fourth-order valence-electron chi connectivity index (χ4n) is 4.00. The van der Waals surface area contributed by atoms with Crippen LogP contribution in [0.15, 0.2) is 35.6 Å². The summed E-state index contributed by atoms with van der Waals surface area (Å²) in [5, 5.41) is 0.217. The Morgan fingerprint density at radius 3 is 2.66 bits per heavy atom. The van der Waals surface area contributed by atoms with Gasteiger partial charge in [-0.3, -0.25) is 4.99 Å². The van der Waals surface area contributed by atoms with Crippen LogP contribution >= 0.6 is 23.2 Å². The van der Waals surface area contributed by atoms with Gasteiger partial charge in [-0.2, -0.15) is 0 Å². The van der Waals surface area contributed by atoms with Crippen molar-refractivity contribution in [3.8, 4) is 5.75 Å². The molecule has 0 amide bonds. The molecule has 1 fully saturated rings. The lowest BCUT2D eigenvalue weighted by Gasteiger charge is -2.30. The zero-order valence-corrected chi connectivity index (χ0v) is 22.0. The third kappa shape index (κ3) is 7.32. The highest BCUT2D eigenvalue weighted by Gasteiger charge is 2.21. The zero-order chi connectivity index (χ0) is 25.5. The number of aliphatic imine (C=N–C) groups is 1. The van der Waals surface area contributed by atoms with E-state index in [0.29, 0.717) is 27.5 Å². The van der Waals surface area contributed by atoms with Crippen LogP contribution in [0.5, 0.6) is 5.75 Å². The summed E-state index contributed by atoms with van der Waals surface area (Å²) in [5.41, 5.74) is 13.7. The van der Waals surface area contributed by atoms with Gasteiger partial charge in [-0.15, -0.1) is 0 Å². The fraction of sp³-hybridized carbons (Fsp3) is 0.462. The second-order valence-electron chi connectivity index (χ2n) is 9.28. The summed E-state index contributed by atoms with van der Waals surface area (Å²) < 4.78 is 19.9. The summed E-state index contributed by atoms with van der Waals surface area (Å²) in [5.74, 6) is 0.650. The van der Waals surface area contributed by atoms with Crippen LogP contribution < -0.4 is 16.2 Å². The average Bonchev–Trinajstić information content (AvgIpc) is 2.83. The van der Waals surface area contributed by atoms with Crippen molar-refractivity contribution in [3.63, 3.8) is 0 Å². The van der Waals surface area contributed by atoms with Crippen molar-refractivity contribution in [1.82, 2.24) is 9.88 Å². The molecule has 2 heterocycles. The topological polar surface area (TPSA) is 89.8 Å². The van der Waals surface area contributed by atoms with Crippen LogP contribution in [0.2, 0.25) is 10.0 Å². The van der Waals surface area contributed by atoms with Gasteiger partial charge in [0.15, 0.2) is 11.6 Å². The number of piperidine rings is 1. The number of pyridine rings is 1. The number of ether oxygens (including phenoxy) is 1. The molecule has 35 heavy (non-hydrogen) atoms. The molecule has 1 aromatic carbocycles. The quantitative estimate of drug-likeness (QED) is 0.306. The third-order valence-corrected chi connectivity index (χ3v) is 6.90. The van der Waals surface area contributed by atoms with Gasteiger partial charge in [-0.25, -0.2) is 9.37 Å². The Bertz CT molecular complexity index is 1070. The van der Waals surface area contributed by atoms with Gasteiger partial charge in [-0.05, 0) is 56.8 Å². The molecule has 0 radical (unpaired) electrons. The van der Waals surface area contributed by atoms with E-state index >= 15 is 0 Å². The van der Waals surface area contributed by atoms with E-state index in [4.69, 9.17) is 44.4 Å². The van der Waals surface area contributed by atoms with Crippen molar-refractivity contribution in [2.75, 3.05) is 25.4 Å². The van der Waals surface area contributed by atoms with Crippen molar-refractivity contribution in [3.05, 3.63) is 57.6 Å². The Balaban J connectivity index is 1.69. The van der Waals surface area contributed by atoms with Gasteiger partial charge in [-0.1, -0.05) is 37.0 Å². The van der Waals surface area contributed by atoms with E-state index in [1.165, 1.54) is 24.8 Å². The molecule has 4 N–H and O–H groups in total. The van der Waals surface area contributed by atoms with E-state index in [2.05, 4.69) is 23.7 Å². The Morgan fingerprint density at radius 1 is 1.29 bits per heavy atom. The monoisotopic (exact) mass is 521 g/mol. The molecule has 1 atom stereocenters. The van der Waals surface area contributed by atoms with E-state index in [0.717, 1.165) is 38.4 Å². The van der Waals surface area contributed by atoms with Crippen molar-refractivity contribution in [1.29, 1.82) is 0 Å². The third-order valence-electron chi connectivity index (χ3n) is 6.19. The van der Waals surface area contributed by atoms with Crippen LogP contribution in [-0.4, -0.2) is 41.8 Å². The summed E-state index contributed by atoms with van der Waals surface area (Å²) >= 11 is 12.4. The number of hydrogen-bond acceptors (Lipinski definition) is 6. The van der Waals surface area contributed by atoms with Crippen molar-refractivity contribution in [2.45, 2.75) is 52.2 Å². The first-order valence-corrected chi connectivity index (χ1v) is 12.7. The molecule has 9 heteroatoms. The van der Waals surface area contributed by atoms with Gasteiger partial charge in [0.25, 0.3) is 0 Å². The Hall–Kier alpha value is -2.35. The van der Waals surface area contributed by atoms with Crippen LogP contribution in [0.25, 0.3) is 5.57 Å². The second-order valence-corrected chi connectivity index (χ2v) is 10.1. The zero-order valence-electron chi connectivity index (χ0n) is 20.5. The summed E-state index contributed by atoms with van der Waals surface area (Å²) in [7, 11) is 0. The van der Waals surface area contributed by atoms with Crippen LogP contribution in [-0.2, 0) is 0 Å².